The van der Waals surface area contributed by atoms with Gasteiger partial charge in [0.2, 0.25) is 0 Å². The number of rotatable bonds is 1. The van der Waals surface area contributed by atoms with Gasteiger partial charge in [0.15, 0.2) is 0 Å². The maximum atomic E-state index is 12.8. The Bertz CT molecular complexity index is 517. The summed E-state index contributed by atoms with van der Waals surface area (Å²) in [5.41, 5.74) is 2.20. The Labute approximate surface area is 132 Å². The second-order valence-electron chi connectivity index (χ2n) is 7.49. The van der Waals surface area contributed by atoms with Crippen molar-refractivity contribution in [1.29, 1.82) is 0 Å². The van der Waals surface area contributed by atoms with Crippen molar-refractivity contribution >= 4 is 17.5 Å². The molecule has 1 aromatic rings. The van der Waals surface area contributed by atoms with Gasteiger partial charge < -0.3 is 4.90 Å². The van der Waals surface area contributed by atoms with Gasteiger partial charge in [-0.1, -0.05) is 32.9 Å². The van der Waals surface area contributed by atoms with E-state index in [0.717, 1.165) is 31.2 Å². The molecule has 2 nitrogen and oxygen atoms in total. The van der Waals surface area contributed by atoms with E-state index in [4.69, 9.17) is 11.6 Å². The third-order valence-corrected chi connectivity index (χ3v) is 5.26. The Hall–Kier alpha value is -1.02. The van der Waals surface area contributed by atoms with Crippen molar-refractivity contribution in [2.45, 2.75) is 69.3 Å². The number of amides is 1. The summed E-state index contributed by atoms with van der Waals surface area (Å²) >= 11 is 6.30. The quantitative estimate of drug-likeness (QED) is 0.706. The van der Waals surface area contributed by atoms with Gasteiger partial charge in [-0.3, -0.25) is 4.79 Å². The first-order valence-corrected chi connectivity index (χ1v) is 8.37. The smallest absolute Gasteiger partial charge is 0.254 e. The molecule has 21 heavy (non-hydrogen) atoms. The Morgan fingerprint density at radius 1 is 1.10 bits per heavy atom. The lowest BCUT2D eigenvalue weighted by atomic mass is 9.86. The second-order valence-corrected chi connectivity index (χ2v) is 8.11. The number of nitrogens with zero attached hydrogens (tertiary/aromatic N) is 1. The zero-order valence-corrected chi connectivity index (χ0v) is 13.9. The van der Waals surface area contributed by atoms with E-state index in [1.165, 1.54) is 5.56 Å². The van der Waals surface area contributed by atoms with E-state index in [1.54, 1.807) is 0 Å². The lowest BCUT2D eigenvalue weighted by molar-refractivity contribution is 0.0599. The zero-order chi connectivity index (χ0) is 15.2. The lowest BCUT2D eigenvalue weighted by Crippen LogP contribution is -2.46. The fraction of sp³-hybridized carbons (Fsp3) is 0.611. The van der Waals surface area contributed by atoms with E-state index < -0.39 is 0 Å². The van der Waals surface area contributed by atoms with Gasteiger partial charge >= 0.3 is 0 Å². The highest BCUT2D eigenvalue weighted by atomic mass is 35.5. The monoisotopic (exact) mass is 305 g/mol. The SMILES string of the molecule is CC(C)(C)c1ccc(C(=O)N2C3CCC2CC(Cl)C3)cc1. The molecular weight excluding hydrogens is 282 g/mol. The number of benzene rings is 1. The largest absolute Gasteiger partial charge is 0.333 e. The molecule has 0 radical (unpaired) electrons. The molecule has 0 saturated carbocycles. The van der Waals surface area contributed by atoms with E-state index >= 15 is 0 Å². The number of fused-ring (bicyclic) bond motifs is 2. The Morgan fingerprint density at radius 3 is 2.10 bits per heavy atom. The number of piperidine rings is 1. The van der Waals surface area contributed by atoms with Crippen LogP contribution in [0.15, 0.2) is 24.3 Å². The molecule has 0 aliphatic carbocycles. The van der Waals surface area contributed by atoms with E-state index in [-0.39, 0.29) is 16.7 Å². The third kappa shape index (κ3) is 2.83. The molecule has 2 fully saturated rings. The first kappa shape index (κ1) is 14.9. The molecule has 0 N–H and O–H groups in total. The highest BCUT2D eigenvalue weighted by Crippen LogP contribution is 2.38. The molecule has 2 heterocycles. The minimum absolute atomic E-state index is 0.123. The normalized spacial score (nSPS) is 28.8. The number of halogens is 1. The lowest BCUT2D eigenvalue weighted by Gasteiger charge is -2.37. The van der Waals surface area contributed by atoms with E-state index in [1.807, 2.05) is 12.1 Å². The summed E-state index contributed by atoms with van der Waals surface area (Å²) in [5.74, 6) is 0.187. The summed E-state index contributed by atoms with van der Waals surface area (Å²) in [6, 6.07) is 8.83. The van der Waals surface area contributed by atoms with Crippen LogP contribution in [0.3, 0.4) is 0 Å². The van der Waals surface area contributed by atoms with Crippen LogP contribution in [0.1, 0.15) is 62.4 Å². The molecule has 1 amide bonds. The van der Waals surface area contributed by atoms with Crippen LogP contribution in [0.2, 0.25) is 0 Å². The number of hydrogen-bond donors (Lipinski definition) is 0. The van der Waals surface area contributed by atoms with Crippen LogP contribution in [0, 0.1) is 0 Å². The van der Waals surface area contributed by atoms with Crippen molar-refractivity contribution in [3.05, 3.63) is 35.4 Å². The van der Waals surface area contributed by atoms with E-state index in [2.05, 4.69) is 37.8 Å². The van der Waals surface area contributed by atoms with Crippen LogP contribution >= 0.6 is 11.6 Å². The molecule has 2 unspecified atom stereocenters. The first-order chi connectivity index (χ1) is 9.86. The topological polar surface area (TPSA) is 20.3 Å². The number of carbonyl (C=O) groups is 1. The molecule has 3 rings (SSSR count). The molecular formula is C18H24ClNO. The summed E-state index contributed by atoms with van der Waals surface area (Å²) in [6.07, 6.45) is 4.12. The van der Waals surface area contributed by atoms with Gasteiger partial charge in [0.1, 0.15) is 0 Å². The first-order valence-electron chi connectivity index (χ1n) is 7.93. The van der Waals surface area contributed by atoms with Gasteiger partial charge in [0.25, 0.3) is 5.91 Å². The molecule has 2 saturated heterocycles. The van der Waals surface area contributed by atoms with Crippen molar-refractivity contribution in [3.8, 4) is 0 Å². The van der Waals surface area contributed by atoms with Gasteiger partial charge in [-0.25, -0.2) is 0 Å². The van der Waals surface area contributed by atoms with Crippen LogP contribution < -0.4 is 0 Å². The van der Waals surface area contributed by atoms with Crippen LogP contribution in [0.4, 0.5) is 0 Å². The third-order valence-electron chi connectivity index (χ3n) is 4.91. The van der Waals surface area contributed by atoms with Crippen molar-refractivity contribution in [3.63, 3.8) is 0 Å². The van der Waals surface area contributed by atoms with Gasteiger partial charge in [-0.2, -0.15) is 0 Å². The predicted molar refractivity (Wildman–Crippen MR) is 87.0 cm³/mol. The van der Waals surface area contributed by atoms with Crippen LogP contribution in [-0.4, -0.2) is 28.3 Å². The summed E-state index contributed by atoms with van der Waals surface area (Å²) in [7, 11) is 0. The van der Waals surface area contributed by atoms with Gasteiger partial charge in [0.05, 0.1) is 0 Å². The van der Waals surface area contributed by atoms with Crippen LogP contribution in [0.25, 0.3) is 0 Å². The summed E-state index contributed by atoms with van der Waals surface area (Å²) < 4.78 is 0. The van der Waals surface area contributed by atoms with Crippen LogP contribution in [0.5, 0.6) is 0 Å². The molecule has 0 spiro atoms. The molecule has 3 heteroatoms. The number of carbonyl (C=O) groups excluding carboxylic acids is 1. The van der Waals surface area contributed by atoms with Gasteiger partial charge in [0, 0.05) is 23.0 Å². The number of hydrogen-bond acceptors (Lipinski definition) is 1. The Balaban J connectivity index is 1.80. The average Bonchev–Trinajstić information content (AvgIpc) is 2.69. The fourth-order valence-corrected chi connectivity index (χ4v) is 4.12. The summed E-state index contributed by atoms with van der Waals surface area (Å²) in [4.78, 5) is 14.9. The molecule has 2 atom stereocenters. The maximum absolute atomic E-state index is 12.8. The Morgan fingerprint density at radius 2 is 1.62 bits per heavy atom. The standard InChI is InChI=1S/C18H24ClNO/c1-18(2,3)13-6-4-12(5-7-13)17(21)20-15-8-9-16(20)11-14(19)10-15/h4-7,14-16H,8-11H2,1-3H3. The Kier molecular flexibility index (Phi) is 3.77. The molecule has 2 aliphatic heterocycles. The zero-order valence-electron chi connectivity index (χ0n) is 13.1. The summed E-state index contributed by atoms with van der Waals surface area (Å²) in [6.45, 7) is 6.57. The predicted octanol–water partition coefficient (Wildman–Crippen LogP) is 4.36. The van der Waals surface area contributed by atoms with Crippen molar-refractivity contribution < 1.29 is 4.79 Å². The molecule has 2 aliphatic rings. The van der Waals surface area contributed by atoms with Crippen molar-refractivity contribution in [2.24, 2.45) is 0 Å². The van der Waals surface area contributed by atoms with Gasteiger partial charge in [-0.15, -0.1) is 11.6 Å². The molecule has 2 bridgehead atoms. The van der Waals surface area contributed by atoms with Crippen LogP contribution in [-0.2, 0) is 5.41 Å². The second kappa shape index (κ2) is 5.31. The highest BCUT2D eigenvalue weighted by molar-refractivity contribution is 6.20. The molecule has 1 aromatic carbocycles. The fourth-order valence-electron chi connectivity index (χ4n) is 3.70. The minimum atomic E-state index is 0.123. The average molecular weight is 306 g/mol. The van der Waals surface area contributed by atoms with E-state index in [9.17, 15) is 4.79 Å². The number of alkyl halides is 1. The minimum Gasteiger partial charge on any atom is -0.333 e. The summed E-state index contributed by atoms with van der Waals surface area (Å²) in [5, 5.41) is 0.245. The van der Waals surface area contributed by atoms with E-state index in [0.29, 0.717) is 12.1 Å². The van der Waals surface area contributed by atoms with Gasteiger partial charge in [-0.05, 0) is 48.8 Å². The highest BCUT2D eigenvalue weighted by Gasteiger charge is 2.42. The van der Waals surface area contributed by atoms with Crippen molar-refractivity contribution in [1.82, 2.24) is 4.90 Å². The molecule has 0 aromatic heterocycles. The maximum Gasteiger partial charge on any atom is 0.254 e. The van der Waals surface area contributed by atoms with Crippen molar-refractivity contribution in [2.75, 3.05) is 0 Å². The molecule has 114 valence electrons.